The summed E-state index contributed by atoms with van der Waals surface area (Å²) in [7, 11) is 0. The molecular formula is C16H24BrClN2S. The van der Waals surface area contributed by atoms with E-state index in [1.54, 1.807) is 0 Å². The smallest absolute Gasteiger partial charge is 0.0465 e. The van der Waals surface area contributed by atoms with Gasteiger partial charge in [-0.25, -0.2) is 0 Å². The number of thioether (sulfide) groups is 1. The average Bonchev–Trinajstić information content (AvgIpc) is 2.72. The largest absolute Gasteiger partial charge is 0.310 e. The third kappa shape index (κ3) is 5.76. The summed E-state index contributed by atoms with van der Waals surface area (Å²) in [6.07, 6.45) is 2.43. The van der Waals surface area contributed by atoms with E-state index in [2.05, 4.69) is 57.0 Å². The lowest BCUT2D eigenvalue weighted by Crippen LogP contribution is -2.31. The number of rotatable bonds is 6. The molecule has 1 heterocycles. The lowest BCUT2D eigenvalue weighted by Gasteiger charge is -2.25. The predicted octanol–water partition coefficient (Wildman–Crippen LogP) is 4.58. The number of benzene rings is 1. The first kappa shape index (κ1) is 17.6. The Hall–Kier alpha value is 0.260. The Morgan fingerprint density at radius 1 is 1.38 bits per heavy atom. The maximum Gasteiger partial charge on any atom is 0.0465 e. The first-order valence-electron chi connectivity index (χ1n) is 7.69. The second-order valence-corrected chi connectivity index (χ2v) is 7.92. The van der Waals surface area contributed by atoms with Crippen LogP contribution in [-0.4, -0.2) is 42.6 Å². The van der Waals surface area contributed by atoms with Crippen LogP contribution in [0.25, 0.3) is 0 Å². The van der Waals surface area contributed by atoms with E-state index < -0.39 is 0 Å². The fraction of sp³-hybridized carbons (Fsp3) is 0.625. The van der Waals surface area contributed by atoms with Crippen molar-refractivity contribution < 1.29 is 0 Å². The molecule has 118 valence electrons. The van der Waals surface area contributed by atoms with Gasteiger partial charge in [-0.3, -0.25) is 0 Å². The molecule has 0 bridgehead atoms. The Morgan fingerprint density at radius 3 is 3.00 bits per heavy atom. The number of nitrogens with one attached hydrogen (secondary N) is 1. The van der Waals surface area contributed by atoms with Crippen LogP contribution in [0.2, 0.25) is 5.02 Å². The van der Waals surface area contributed by atoms with Crippen molar-refractivity contribution >= 4 is 39.3 Å². The highest BCUT2D eigenvalue weighted by molar-refractivity contribution is 9.10. The van der Waals surface area contributed by atoms with Gasteiger partial charge in [0, 0.05) is 27.8 Å². The van der Waals surface area contributed by atoms with E-state index in [1.165, 1.54) is 36.6 Å². The monoisotopic (exact) mass is 390 g/mol. The Labute approximate surface area is 146 Å². The lowest BCUT2D eigenvalue weighted by molar-refractivity contribution is 0.275. The third-order valence-electron chi connectivity index (χ3n) is 3.84. The predicted molar refractivity (Wildman–Crippen MR) is 98.6 cm³/mol. The van der Waals surface area contributed by atoms with Crippen molar-refractivity contribution in [1.82, 2.24) is 10.2 Å². The molecule has 1 unspecified atom stereocenters. The molecule has 1 atom stereocenters. The standard InChI is InChI=1S/C16H24BrClN2S/c1-2-19-16(14-5-4-13(17)12-15(14)18)6-8-20-7-3-10-21-11-9-20/h4-5,12,16,19H,2-3,6-11H2,1H3. The summed E-state index contributed by atoms with van der Waals surface area (Å²) in [5, 5.41) is 4.43. The number of hydrogen-bond donors (Lipinski definition) is 1. The van der Waals surface area contributed by atoms with E-state index in [-0.39, 0.29) is 0 Å². The molecule has 0 radical (unpaired) electrons. The molecule has 1 saturated heterocycles. The zero-order valence-corrected chi connectivity index (χ0v) is 15.7. The number of hydrogen-bond acceptors (Lipinski definition) is 3. The van der Waals surface area contributed by atoms with E-state index in [0.29, 0.717) is 6.04 Å². The van der Waals surface area contributed by atoms with Gasteiger partial charge in [0.05, 0.1) is 0 Å². The van der Waals surface area contributed by atoms with Crippen LogP contribution in [0.5, 0.6) is 0 Å². The number of halogens is 2. The molecule has 5 heteroatoms. The molecule has 1 aromatic carbocycles. The first-order valence-corrected chi connectivity index (χ1v) is 10.0. The van der Waals surface area contributed by atoms with Crippen LogP contribution in [0, 0.1) is 0 Å². The van der Waals surface area contributed by atoms with Gasteiger partial charge in [0.2, 0.25) is 0 Å². The molecule has 1 aliphatic heterocycles. The van der Waals surface area contributed by atoms with E-state index in [1.807, 2.05) is 6.07 Å². The van der Waals surface area contributed by atoms with Crippen LogP contribution in [-0.2, 0) is 0 Å². The van der Waals surface area contributed by atoms with Gasteiger partial charge in [-0.15, -0.1) is 0 Å². The first-order chi connectivity index (χ1) is 10.2. The molecule has 0 amide bonds. The fourth-order valence-corrected chi connectivity index (χ4v) is 4.46. The maximum atomic E-state index is 6.42. The summed E-state index contributed by atoms with van der Waals surface area (Å²) in [6, 6.07) is 6.54. The summed E-state index contributed by atoms with van der Waals surface area (Å²) < 4.78 is 1.04. The summed E-state index contributed by atoms with van der Waals surface area (Å²) in [6.45, 7) is 6.72. The van der Waals surface area contributed by atoms with Gasteiger partial charge in [-0.05, 0) is 55.9 Å². The molecule has 0 aromatic heterocycles. The van der Waals surface area contributed by atoms with Crippen molar-refractivity contribution in [3.63, 3.8) is 0 Å². The average molecular weight is 392 g/mol. The summed E-state index contributed by atoms with van der Waals surface area (Å²) in [5.74, 6) is 2.58. The van der Waals surface area contributed by atoms with Gasteiger partial charge in [0.25, 0.3) is 0 Å². The van der Waals surface area contributed by atoms with Gasteiger partial charge in [-0.1, -0.05) is 40.5 Å². The van der Waals surface area contributed by atoms with E-state index in [9.17, 15) is 0 Å². The van der Waals surface area contributed by atoms with Crippen molar-refractivity contribution in [2.75, 3.05) is 37.7 Å². The number of nitrogens with zero attached hydrogens (tertiary/aromatic N) is 1. The molecule has 1 aliphatic rings. The molecule has 0 aliphatic carbocycles. The third-order valence-corrected chi connectivity index (χ3v) is 5.71. The Balaban J connectivity index is 1.97. The van der Waals surface area contributed by atoms with Crippen LogP contribution in [0.15, 0.2) is 22.7 Å². The molecule has 2 rings (SSSR count). The van der Waals surface area contributed by atoms with Crippen LogP contribution >= 0.6 is 39.3 Å². The Kier molecular flexibility index (Phi) is 7.89. The van der Waals surface area contributed by atoms with Crippen LogP contribution in [0.1, 0.15) is 31.4 Å². The van der Waals surface area contributed by atoms with Gasteiger partial charge in [0.1, 0.15) is 0 Å². The maximum absolute atomic E-state index is 6.42. The molecule has 1 fully saturated rings. The van der Waals surface area contributed by atoms with Crippen LogP contribution < -0.4 is 5.32 Å². The van der Waals surface area contributed by atoms with Crippen LogP contribution in [0.3, 0.4) is 0 Å². The molecule has 2 nitrogen and oxygen atoms in total. The van der Waals surface area contributed by atoms with Gasteiger partial charge >= 0.3 is 0 Å². The molecule has 21 heavy (non-hydrogen) atoms. The molecule has 0 spiro atoms. The molecule has 0 saturated carbocycles. The van der Waals surface area contributed by atoms with Crippen molar-refractivity contribution in [3.05, 3.63) is 33.3 Å². The van der Waals surface area contributed by atoms with Crippen molar-refractivity contribution in [2.24, 2.45) is 0 Å². The second kappa shape index (κ2) is 9.41. The highest BCUT2D eigenvalue weighted by atomic mass is 79.9. The highest BCUT2D eigenvalue weighted by Gasteiger charge is 2.16. The lowest BCUT2D eigenvalue weighted by atomic mass is 10.0. The van der Waals surface area contributed by atoms with Crippen molar-refractivity contribution in [1.29, 1.82) is 0 Å². The second-order valence-electron chi connectivity index (χ2n) is 5.37. The van der Waals surface area contributed by atoms with E-state index >= 15 is 0 Å². The molecule has 1 aromatic rings. The minimum Gasteiger partial charge on any atom is -0.310 e. The van der Waals surface area contributed by atoms with Crippen molar-refractivity contribution in [2.45, 2.75) is 25.8 Å². The molecule has 1 N–H and O–H groups in total. The molecular weight excluding hydrogens is 368 g/mol. The quantitative estimate of drug-likeness (QED) is 0.764. The van der Waals surface area contributed by atoms with Gasteiger partial charge < -0.3 is 10.2 Å². The van der Waals surface area contributed by atoms with Gasteiger partial charge in [0.15, 0.2) is 0 Å². The normalized spacial score (nSPS) is 18.4. The van der Waals surface area contributed by atoms with E-state index in [0.717, 1.165) is 29.0 Å². The topological polar surface area (TPSA) is 15.3 Å². The summed E-state index contributed by atoms with van der Waals surface area (Å²) >= 11 is 12.0. The summed E-state index contributed by atoms with van der Waals surface area (Å²) in [5.41, 5.74) is 1.21. The zero-order valence-electron chi connectivity index (χ0n) is 12.6. The minimum absolute atomic E-state index is 0.339. The van der Waals surface area contributed by atoms with Crippen LogP contribution in [0.4, 0.5) is 0 Å². The van der Waals surface area contributed by atoms with Crippen molar-refractivity contribution in [3.8, 4) is 0 Å². The summed E-state index contributed by atoms with van der Waals surface area (Å²) in [4.78, 5) is 2.59. The van der Waals surface area contributed by atoms with E-state index in [4.69, 9.17) is 11.6 Å². The fourth-order valence-electron chi connectivity index (χ4n) is 2.73. The zero-order chi connectivity index (χ0) is 15.1. The minimum atomic E-state index is 0.339. The Bertz CT molecular complexity index is 436. The SMILES string of the molecule is CCNC(CCN1CCCSCC1)c1ccc(Br)cc1Cl. The van der Waals surface area contributed by atoms with Gasteiger partial charge in [-0.2, -0.15) is 11.8 Å². The highest BCUT2D eigenvalue weighted by Crippen LogP contribution is 2.28. The Morgan fingerprint density at radius 2 is 2.24 bits per heavy atom.